The van der Waals surface area contributed by atoms with Gasteiger partial charge < -0.3 is 15.3 Å². The smallest absolute Gasteiger partial charge is 0.326 e. The predicted octanol–water partition coefficient (Wildman–Crippen LogP) is 0.975. The summed E-state index contributed by atoms with van der Waals surface area (Å²) in [5.41, 5.74) is 0. The molecule has 2 amide bonds. The van der Waals surface area contributed by atoms with Crippen LogP contribution in [-0.4, -0.2) is 65.7 Å². The topological polar surface area (TPSA) is 72.9 Å². The van der Waals surface area contributed by atoms with Crippen LogP contribution in [0.4, 0.5) is 4.79 Å². The van der Waals surface area contributed by atoms with E-state index in [0.29, 0.717) is 25.6 Å². The lowest BCUT2D eigenvalue weighted by Gasteiger charge is -2.39. The van der Waals surface area contributed by atoms with Crippen molar-refractivity contribution in [2.75, 3.05) is 26.7 Å². The van der Waals surface area contributed by atoms with Gasteiger partial charge in [-0.1, -0.05) is 20.3 Å². The van der Waals surface area contributed by atoms with Crippen molar-refractivity contribution in [1.29, 1.82) is 0 Å². The van der Waals surface area contributed by atoms with Crippen molar-refractivity contribution in [1.82, 2.24) is 15.1 Å². The number of urea groups is 1. The number of nitrogens with zero attached hydrogens (tertiary/aromatic N) is 2. The standard InChI is InChI=1S/C13H25N3O3/c1-4-6-11(12(17)18)14-13(19)16-8-7-15(3)10(5-2)9-16/h10-11H,4-9H2,1-3H3,(H,14,19)(H,17,18)/t10?,11-/m0/s1. The molecule has 6 heteroatoms. The second-order valence-corrected chi connectivity index (χ2v) is 5.12. The van der Waals surface area contributed by atoms with Crippen LogP contribution in [0.15, 0.2) is 0 Å². The van der Waals surface area contributed by atoms with Crippen LogP contribution in [0.25, 0.3) is 0 Å². The van der Waals surface area contributed by atoms with Gasteiger partial charge in [-0.3, -0.25) is 4.90 Å². The first-order valence-corrected chi connectivity index (χ1v) is 6.98. The fraction of sp³-hybridized carbons (Fsp3) is 0.846. The number of piperazine rings is 1. The van der Waals surface area contributed by atoms with Gasteiger partial charge in [0.05, 0.1) is 0 Å². The second kappa shape index (κ2) is 7.33. The maximum Gasteiger partial charge on any atom is 0.326 e. The Bertz CT molecular complexity index is 322. The summed E-state index contributed by atoms with van der Waals surface area (Å²) in [6, 6.07) is -0.682. The Hall–Kier alpha value is -1.30. The van der Waals surface area contributed by atoms with Crippen molar-refractivity contribution in [3.63, 3.8) is 0 Å². The zero-order valence-corrected chi connectivity index (χ0v) is 12.1. The average molecular weight is 271 g/mol. The van der Waals surface area contributed by atoms with Crippen molar-refractivity contribution in [2.45, 2.75) is 45.2 Å². The van der Waals surface area contributed by atoms with Gasteiger partial charge in [-0.2, -0.15) is 0 Å². The molecule has 0 spiro atoms. The Morgan fingerprint density at radius 3 is 2.58 bits per heavy atom. The molecule has 2 atom stereocenters. The van der Waals surface area contributed by atoms with Gasteiger partial charge >= 0.3 is 12.0 Å². The molecule has 0 aromatic heterocycles. The summed E-state index contributed by atoms with van der Waals surface area (Å²) in [6.07, 6.45) is 2.18. The van der Waals surface area contributed by atoms with Crippen LogP contribution in [0.2, 0.25) is 0 Å². The van der Waals surface area contributed by atoms with Gasteiger partial charge in [0.1, 0.15) is 6.04 Å². The molecule has 1 rings (SSSR count). The number of carbonyl (C=O) groups is 2. The molecule has 0 saturated carbocycles. The van der Waals surface area contributed by atoms with Crippen LogP contribution in [0.3, 0.4) is 0 Å². The first-order valence-electron chi connectivity index (χ1n) is 6.98. The van der Waals surface area contributed by atoms with Gasteiger partial charge in [-0.05, 0) is 19.9 Å². The van der Waals surface area contributed by atoms with E-state index in [1.165, 1.54) is 0 Å². The Morgan fingerprint density at radius 2 is 2.05 bits per heavy atom. The van der Waals surface area contributed by atoms with E-state index in [0.717, 1.165) is 19.4 Å². The normalized spacial score (nSPS) is 22.1. The monoisotopic (exact) mass is 271 g/mol. The number of rotatable bonds is 5. The first kappa shape index (κ1) is 15.8. The highest BCUT2D eigenvalue weighted by atomic mass is 16.4. The third-order valence-electron chi connectivity index (χ3n) is 3.71. The molecule has 110 valence electrons. The molecule has 2 N–H and O–H groups in total. The molecule has 6 nitrogen and oxygen atoms in total. The Labute approximate surface area is 114 Å². The summed E-state index contributed by atoms with van der Waals surface area (Å²) in [6.45, 7) is 6.15. The van der Waals surface area contributed by atoms with Gasteiger partial charge in [0, 0.05) is 25.7 Å². The molecule has 1 aliphatic rings. The molecule has 1 fully saturated rings. The summed E-state index contributed by atoms with van der Waals surface area (Å²) in [7, 11) is 2.06. The number of likely N-dealkylation sites (N-methyl/N-ethyl adjacent to an activating group) is 1. The van der Waals surface area contributed by atoms with Crippen molar-refractivity contribution in [3.05, 3.63) is 0 Å². The molecule has 1 aliphatic heterocycles. The van der Waals surface area contributed by atoms with Gasteiger partial charge in [-0.15, -0.1) is 0 Å². The van der Waals surface area contributed by atoms with Crippen molar-refractivity contribution in [3.8, 4) is 0 Å². The highest BCUT2D eigenvalue weighted by Gasteiger charge is 2.28. The molecule has 0 bridgehead atoms. The van der Waals surface area contributed by atoms with Crippen molar-refractivity contribution in [2.24, 2.45) is 0 Å². The Balaban J connectivity index is 2.55. The quantitative estimate of drug-likeness (QED) is 0.781. The lowest BCUT2D eigenvalue weighted by atomic mass is 10.1. The number of aliphatic carboxylic acids is 1. The molecule has 0 aliphatic carbocycles. The second-order valence-electron chi connectivity index (χ2n) is 5.12. The summed E-state index contributed by atoms with van der Waals surface area (Å²) in [4.78, 5) is 27.1. The fourth-order valence-corrected chi connectivity index (χ4v) is 2.36. The molecule has 0 aromatic rings. The van der Waals surface area contributed by atoms with E-state index in [2.05, 4.69) is 24.2 Å². The molecule has 1 saturated heterocycles. The van der Waals surface area contributed by atoms with E-state index in [-0.39, 0.29) is 6.03 Å². The van der Waals surface area contributed by atoms with Crippen LogP contribution >= 0.6 is 0 Å². The SMILES string of the molecule is CCC[C@H](NC(=O)N1CCN(C)C(CC)C1)C(=O)O. The summed E-state index contributed by atoms with van der Waals surface area (Å²) >= 11 is 0. The van der Waals surface area contributed by atoms with E-state index in [1.54, 1.807) is 4.90 Å². The molecule has 0 aromatic carbocycles. The largest absolute Gasteiger partial charge is 0.480 e. The molecule has 19 heavy (non-hydrogen) atoms. The molecule has 0 radical (unpaired) electrons. The summed E-state index contributed by atoms with van der Waals surface area (Å²) in [5, 5.41) is 11.7. The van der Waals surface area contributed by atoms with E-state index in [9.17, 15) is 9.59 Å². The molecular formula is C13H25N3O3. The van der Waals surface area contributed by atoms with Crippen LogP contribution in [0.1, 0.15) is 33.1 Å². The fourth-order valence-electron chi connectivity index (χ4n) is 2.36. The average Bonchev–Trinajstić information content (AvgIpc) is 2.38. The lowest BCUT2D eigenvalue weighted by molar-refractivity contribution is -0.139. The van der Waals surface area contributed by atoms with Crippen LogP contribution in [0, 0.1) is 0 Å². The van der Waals surface area contributed by atoms with Gasteiger partial charge in [-0.25, -0.2) is 9.59 Å². The van der Waals surface area contributed by atoms with E-state index in [4.69, 9.17) is 5.11 Å². The maximum atomic E-state index is 12.1. The number of hydrogen-bond acceptors (Lipinski definition) is 3. The van der Waals surface area contributed by atoms with E-state index < -0.39 is 12.0 Å². The Kier molecular flexibility index (Phi) is 6.08. The minimum absolute atomic E-state index is 0.257. The van der Waals surface area contributed by atoms with Crippen LogP contribution < -0.4 is 5.32 Å². The number of hydrogen-bond donors (Lipinski definition) is 2. The number of nitrogens with one attached hydrogen (secondary N) is 1. The lowest BCUT2D eigenvalue weighted by Crippen LogP contribution is -2.57. The minimum atomic E-state index is -0.962. The zero-order valence-electron chi connectivity index (χ0n) is 12.1. The van der Waals surface area contributed by atoms with Gasteiger partial charge in [0.15, 0.2) is 0 Å². The highest BCUT2D eigenvalue weighted by Crippen LogP contribution is 2.11. The molecule has 1 unspecified atom stereocenters. The third kappa shape index (κ3) is 4.38. The zero-order chi connectivity index (χ0) is 14.4. The molecule has 1 heterocycles. The molecular weight excluding hydrogens is 246 g/mol. The minimum Gasteiger partial charge on any atom is -0.480 e. The summed E-state index contributed by atoms with van der Waals surface area (Å²) in [5.74, 6) is -0.962. The van der Waals surface area contributed by atoms with E-state index in [1.807, 2.05) is 6.92 Å². The van der Waals surface area contributed by atoms with E-state index >= 15 is 0 Å². The number of amides is 2. The van der Waals surface area contributed by atoms with Gasteiger partial charge in [0.2, 0.25) is 0 Å². The van der Waals surface area contributed by atoms with Gasteiger partial charge in [0.25, 0.3) is 0 Å². The van der Waals surface area contributed by atoms with Crippen molar-refractivity contribution >= 4 is 12.0 Å². The first-order chi connectivity index (χ1) is 8.99. The third-order valence-corrected chi connectivity index (χ3v) is 3.71. The summed E-state index contributed by atoms with van der Waals surface area (Å²) < 4.78 is 0. The predicted molar refractivity (Wildman–Crippen MR) is 73.1 cm³/mol. The van der Waals surface area contributed by atoms with Crippen molar-refractivity contribution < 1.29 is 14.7 Å². The Morgan fingerprint density at radius 1 is 1.37 bits per heavy atom. The highest BCUT2D eigenvalue weighted by molar-refractivity contribution is 5.82. The number of carboxylic acid groups (broad SMARTS) is 1. The van der Waals surface area contributed by atoms with Crippen LogP contribution in [0.5, 0.6) is 0 Å². The number of carbonyl (C=O) groups excluding carboxylic acids is 1. The maximum absolute atomic E-state index is 12.1. The number of carboxylic acids is 1. The van der Waals surface area contributed by atoms with Crippen LogP contribution in [-0.2, 0) is 4.79 Å².